The fourth-order valence-electron chi connectivity index (χ4n) is 0.712. The molecule has 11 heavy (non-hydrogen) atoms. The molecule has 62 valence electrons. The van der Waals surface area contributed by atoms with Gasteiger partial charge < -0.3 is 0 Å². The lowest BCUT2D eigenvalue weighted by atomic mass is 9.88. The summed E-state index contributed by atoms with van der Waals surface area (Å²) in [5.41, 5.74) is 0.569. The van der Waals surface area contributed by atoms with Crippen molar-refractivity contribution < 1.29 is 0 Å². The van der Waals surface area contributed by atoms with E-state index in [1.165, 1.54) is 0 Å². The van der Waals surface area contributed by atoms with Crippen molar-refractivity contribution in [1.82, 2.24) is 0 Å². The van der Waals surface area contributed by atoms with Gasteiger partial charge in [-0.3, -0.25) is 0 Å². The van der Waals surface area contributed by atoms with Crippen LogP contribution in [0.1, 0.15) is 34.1 Å². The monoisotopic (exact) mass is 171 g/mol. The molecule has 0 aromatic carbocycles. The molecule has 0 radical (unpaired) electrons. The fourth-order valence-corrected chi connectivity index (χ4v) is 0.888. The van der Waals surface area contributed by atoms with Crippen LogP contribution >= 0.6 is 11.6 Å². The molecule has 0 aliphatic carbocycles. The normalized spacial score (nSPS) is 13.8. The van der Waals surface area contributed by atoms with Crippen LogP contribution in [0.15, 0.2) is 10.6 Å². The smallest absolute Gasteiger partial charge is 0.0956 e. The van der Waals surface area contributed by atoms with Crippen LogP contribution in [0.4, 0.5) is 0 Å². The van der Waals surface area contributed by atoms with Gasteiger partial charge >= 0.3 is 0 Å². The second-order valence-corrected chi connectivity index (χ2v) is 3.67. The minimum absolute atomic E-state index is 0.0542. The Morgan fingerprint density at radius 3 is 2.27 bits per heavy atom. The molecule has 0 aliphatic heterocycles. The van der Waals surface area contributed by atoms with Crippen molar-refractivity contribution in [2.45, 2.75) is 34.1 Å². The topological polar surface area (TPSA) is 23.8 Å². The largest absolute Gasteiger partial charge is 0.193 e. The van der Waals surface area contributed by atoms with E-state index in [4.69, 9.17) is 16.9 Å². The predicted molar refractivity (Wildman–Crippen MR) is 48.2 cm³/mol. The highest BCUT2D eigenvalue weighted by Crippen LogP contribution is 2.34. The molecule has 2 heteroatoms. The zero-order valence-electron chi connectivity index (χ0n) is 7.53. The molecular weight excluding hydrogens is 158 g/mol. The van der Waals surface area contributed by atoms with Gasteiger partial charge in [-0.15, -0.1) is 0 Å². The summed E-state index contributed by atoms with van der Waals surface area (Å²) in [5, 5.41) is 9.25. The number of rotatable bonds is 2. The third-order valence-electron chi connectivity index (χ3n) is 1.98. The van der Waals surface area contributed by atoms with E-state index in [2.05, 4.69) is 13.0 Å². The van der Waals surface area contributed by atoms with Gasteiger partial charge in [0.2, 0.25) is 0 Å². The zero-order chi connectivity index (χ0) is 9.07. The van der Waals surface area contributed by atoms with Crippen molar-refractivity contribution in [2.24, 2.45) is 5.41 Å². The second-order valence-electron chi connectivity index (χ2n) is 3.29. The van der Waals surface area contributed by atoms with E-state index in [-0.39, 0.29) is 5.41 Å². The molecule has 0 saturated carbocycles. The van der Waals surface area contributed by atoms with Crippen molar-refractivity contribution in [3.63, 3.8) is 0 Å². The van der Waals surface area contributed by atoms with E-state index in [0.717, 1.165) is 6.42 Å². The molecule has 0 unspecified atom stereocenters. The maximum Gasteiger partial charge on any atom is 0.0956 e. The van der Waals surface area contributed by atoms with Gasteiger partial charge in [0.15, 0.2) is 0 Å². The predicted octanol–water partition coefficient (Wildman–Crippen LogP) is 3.46. The van der Waals surface area contributed by atoms with E-state index < -0.39 is 0 Å². The van der Waals surface area contributed by atoms with Crippen molar-refractivity contribution in [3.8, 4) is 6.07 Å². The van der Waals surface area contributed by atoms with Gasteiger partial charge in [0, 0.05) is 16.0 Å². The van der Waals surface area contributed by atoms with Crippen LogP contribution in [-0.2, 0) is 0 Å². The number of halogens is 1. The van der Waals surface area contributed by atoms with Crippen LogP contribution in [0.5, 0.6) is 0 Å². The lowest BCUT2D eigenvalue weighted by molar-refractivity contribution is 0.448. The first-order valence-corrected chi connectivity index (χ1v) is 4.10. The molecule has 0 fully saturated rings. The van der Waals surface area contributed by atoms with Gasteiger partial charge in [-0.1, -0.05) is 32.4 Å². The molecule has 0 aromatic rings. The van der Waals surface area contributed by atoms with Crippen LogP contribution in [-0.4, -0.2) is 0 Å². The zero-order valence-corrected chi connectivity index (χ0v) is 8.29. The highest BCUT2D eigenvalue weighted by molar-refractivity contribution is 6.30. The third kappa shape index (κ3) is 2.55. The van der Waals surface area contributed by atoms with Gasteiger partial charge in [-0.05, 0) is 13.3 Å². The van der Waals surface area contributed by atoms with Crippen molar-refractivity contribution in [2.75, 3.05) is 0 Å². The molecule has 0 heterocycles. The highest BCUT2D eigenvalue weighted by atomic mass is 35.5. The van der Waals surface area contributed by atoms with Crippen LogP contribution in [0.25, 0.3) is 0 Å². The summed E-state index contributed by atoms with van der Waals surface area (Å²) in [7, 11) is 0. The number of hydrogen-bond acceptors (Lipinski definition) is 1. The van der Waals surface area contributed by atoms with Gasteiger partial charge in [-0.25, -0.2) is 0 Å². The molecule has 0 N–H and O–H groups in total. The van der Waals surface area contributed by atoms with Crippen LogP contribution < -0.4 is 0 Å². The molecule has 0 spiro atoms. The van der Waals surface area contributed by atoms with Crippen LogP contribution in [0.3, 0.4) is 0 Å². The molecule has 0 rings (SSSR count). The Morgan fingerprint density at radius 1 is 1.55 bits per heavy atom. The number of nitrogens with zero attached hydrogens (tertiary/aromatic N) is 1. The van der Waals surface area contributed by atoms with Gasteiger partial charge in [0.25, 0.3) is 0 Å². The average Bonchev–Trinajstić information content (AvgIpc) is 2.01. The molecular formula is C9H14ClN. The summed E-state index contributed by atoms with van der Waals surface area (Å²) < 4.78 is 0. The number of hydrogen-bond donors (Lipinski definition) is 0. The molecule has 0 aromatic heterocycles. The molecule has 1 nitrogen and oxygen atoms in total. The molecule has 0 atom stereocenters. The SMILES string of the molecule is CCC(C)(C)/C(Cl)=C(\C)C#N. The second kappa shape index (κ2) is 3.78. The Balaban J connectivity index is 4.76. The summed E-state index contributed by atoms with van der Waals surface area (Å²) in [6, 6.07) is 2.05. The maximum atomic E-state index is 8.57. The Bertz CT molecular complexity index is 208. The van der Waals surface area contributed by atoms with Crippen molar-refractivity contribution >= 4 is 11.6 Å². The Labute approximate surface area is 73.7 Å². The van der Waals surface area contributed by atoms with E-state index in [1.54, 1.807) is 6.92 Å². The first kappa shape index (κ1) is 10.5. The summed E-state index contributed by atoms with van der Waals surface area (Å²) in [4.78, 5) is 0. The quantitative estimate of drug-likeness (QED) is 0.584. The standard InChI is InChI=1S/C9H14ClN/c1-5-9(3,4)8(10)7(2)6-11/h5H2,1-4H3/b8-7-. The van der Waals surface area contributed by atoms with Crippen LogP contribution in [0, 0.1) is 16.7 Å². The van der Waals surface area contributed by atoms with Gasteiger partial charge in [-0.2, -0.15) is 5.26 Å². The maximum absolute atomic E-state index is 8.57. The lowest BCUT2D eigenvalue weighted by Gasteiger charge is -2.22. The minimum Gasteiger partial charge on any atom is -0.193 e. The third-order valence-corrected chi connectivity index (χ3v) is 2.77. The first-order chi connectivity index (χ1) is 4.95. The van der Waals surface area contributed by atoms with E-state index in [1.807, 2.05) is 13.8 Å². The summed E-state index contributed by atoms with van der Waals surface area (Å²) >= 11 is 5.98. The van der Waals surface area contributed by atoms with E-state index in [9.17, 15) is 0 Å². The number of nitriles is 1. The van der Waals surface area contributed by atoms with E-state index >= 15 is 0 Å². The molecule has 0 amide bonds. The lowest BCUT2D eigenvalue weighted by Crippen LogP contribution is -2.10. The Kier molecular flexibility index (Phi) is 3.62. The first-order valence-electron chi connectivity index (χ1n) is 3.72. The Hall–Kier alpha value is -0.480. The van der Waals surface area contributed by atoms with Crippen LogP contribution in [0.2, 0.25) is 0 Å². The summed E-state index contributed by atoms with van der Waals surface area (Å²) in [5.74, 6) is 0. The molecule has 0 bridgehead atoms. The highest BCUT2D eigenvalue weighted by Gasteiger charge is 2.21. The minimum atomic E-state index is -0.0542. The van der Waals surface area contributed by atoms with Gasteiger partial charge in [0.1, 0.15) is 0 Å². The summed E-state index contributed by atoms with van der Waals surface area (Å²) in [6.07, 6.45) is 0.949. The Morgan fingerprint density at radius 2 is 2.00 bits per heavy atom. The van der Waals surface area contributed by atoms with Crippen molar-refractivity contribution in [3.05, 3.63) is 10.6 Å². The summed E-state index contributed by atoms with van der Waals surface area (Å²) in [6.45, 7) is 7.89. The fraction of sp³-hybridized carbons (Fsp3) is 0.667. The molecule has 0 aliphatic rings. The molecule has 0 saturated heterocycles. The van der Waals surface area contributed by atoms with E-state index in [0.29, 0.717) is 10.6 Å². The number of allylic oxidation sites excluding steroid dienone is 2. The van der Waals surface area contributed by atoms with Gasteiger partial charge in [0.05, 0.1) is 6.07 Å². The van der Waals surface area contributed by atoms with Crippen molar-refractivity contribution in [1.29, 1.82) is 5.26 Å². The average molecular weight is 172 g/mol.